The van der Waals surface area contributed by atoms with Crippen LogP contribution in [-0.4, -0.2) is 17.0 Å². The number of aromatic nitrogens is 1. The van der Waals surface area contributed by atoms with Gasteiger partial charge in [0.1, 0.15) is 23.2 Å². The van der Waals surface area contributed by atoms with Gasteiger partial charge in [0.2, 0.25) is 0 Å². The van der Waals surface area contributed by atoms with E-state index in [1.54, 1.807) is 0 Å². The standard InChI is InChI=1S/C10H9N3O2/c11-5-6-3-8(15-7-1-2-7)4-9(13-6)10(12)14/h3-4,7H,1-2H2,(H2,12,14). The maximum Gasteiger partial charge on any atom is 0.267 e. The van der Waals surface area contributed by atoms with Crippen LogP contribution in [0.15, 0.2) is 12.1 Å². The lowest BCUT2D eigenvalue weighted by Crippen LogP contribution is -2.14. The van der Waals surface area contributed by atoms with Gasteiger partial charge in [0.25, 0.3) is 5.91 Å². The topological polar surface area (TPSA) is 89.0 Å². The molecule has 0 bridgehead atoms. The van der Waals surface area contributed by atoms with E-state index in [-0.39, 0.29) is 17.5 Å². The molecule has 1 heterocycles. The van der Waals surface area contributed by atoms with Gasteiger partial charge in [0.05, 0.1) is 6.10 Å². The van der Waals surface area contributed by atoms with Crippen LogP contribution in [0.3, 0.4) is 0 Å². The minimum absolute atomic E-state index is 0.0599. The van der Waals surface area contributed by atoms with E-state index in [9.17, 15) is 4.79 Å². The summed E-state index contributed by atoms with van der Waals surface area (Å²) >= 11 is 0. The lowest BCUT2D eigenvalue weighted by Gasteiger charge is -2.05. The monoisotopic (exact) mass is 203 g/mol. The zero-order chi connectivity index (χ0) is 10.8. The highest BCUT2D eigenvalue weighted by Gasteiger charge is 2.24. The van der Waals surface area contributed by atoms with Gasteiger partial charge in [-0.25, -0.2) is 4.98 Å². The van der Waals surface area contributed by atoms with Crippen LogP contribution in [0.5, 0.6) is 5.75 Å². The zero-order valence-electron chi connectivity index (χ0n) is 7.93. The summed E-state index contributed by atoms with van der Waals surface area (Å²) in [6, 6.07) is 4.82. The van der Waals surface area contributed by atoms with Crippen LogP contribution >= 0.6 is 0 Å². The molecule has 2 rings (SSSR count). The number of ether oxygens (including phenoxy) is 1. The Morgan fingerprint density at radius 2 is 2.33 bits per heavy atom. The van der Waals surface area contributed by atoms with Crippen molar-refractivity contribution in [3.63, 3.8) is 0 Å². The number of rotatable bonds is 3. The Labute approximate surface area is 86.5 Å². The number of nitrogens with zero attached hydrogens (tertiary/aromatic N) is 2. The van der Waals surface area contributed by atoms with E-state index < -0.39 is 5.91 Å². The fourth-order valence-corrected chi connectivity index (χ4v) is 1.14. The van der Waals surface area contributed by atoms with Crippen LogP contribution in [0, 0.1) is 11.3 Å². The molecule has 1 saturated carbocycles. The van der Waals surface area contributed by atoms with Crippen molar-refractivity contribution in [2.24, 2.45) is 5.73 Å². The highest BCUT2D eigenvalue weighted by molar-refractivity contribution is 5.91. The van der Waals surface area contributed by atoms with Crippen molar-refractivity contribution >= 4 is 5.91 Å². The molecule has 1 aliphatic rings. The molecule has 1 aromatic rings. The molecule has 0 atom stereocenters. The van der Waals surface area contributed by atoms with Gasteiger partial charge >= 0.3 is 0 Å². The van der Waals surface area contributed by atoms with Gasteiger partial charge < -0.3 is 10.5 Å². The maximum absolute atomic E-state index is 10.9. The number of pyridine rings is 1. The lowest BCUT2D eigenvalue weighted by atomic mass is 10.3. The fourth-order valence-electron chi connectivity index (χ4n) is 1.14. The van der Waals surface area contributed by atoms with E-state index in [4.69, 9.17) is 15.7 Å². The molecule has 0 spiro atoms. The van der Waals surface area contributed by atoms with Gasteiger partial charge in [0.15, 0.2) is 0 Å². The molecule has 15 heavy (non-hydrogen) atoms. The minimum Gasteiger partial charge on any atom is -0.490 e. The van der Waals surface area contributed by atoms with Crippen LogP contribution in [0.2, 0.25) is 0 Å². The van der Waals surface area contributed by atoms with E-state index in [1.807, 2.05) is 6.07 Å². The summed E-state index contributed by atoms with van der Waals surface area (Å²) in [6.07, 6.45) is 2.23. The summed E-state index contributed by atoms with van der Waals surface area (Å²) in [5.74, 6) is -0.175. The van der Waals surface area contributed by atoms with E-state index in [1.165, 1.54) is 12.1 Å². The Morgan fingerprint density at radius 1 is 1.60 bits per heavy atom. The van der Waals surface area contributed by atoms with Crippen molar-refractivity contribution in [3.05, 3.63) is 23.5 Å². The Bertz CT molecular complexity index is 446. The minimum atomic E-state index is -0.659. The molecule has 0 aliphatic heterocycles. The van der Waals surface area contributed by atoms with Crippen LogP contribution in [0.1, 0.15) is 29.0 Å². The molecule has 5 heteroatoms. The molecule has 0 radical (unpaired) electrons. The van der Waals surface area contributed by atoms with Gasteiger partial charge in [-0.3, -0.25) is 4.79 Å². The number of nitriles is 1. The second-order valence-electron chi connectivity index (χ2n) is 3.37. The van der Waals surface area contributed by atoms with Crippen LogP contribution in [0.25, 0.3) is 0 Å². The first kappa shape index (κ1) is 9.46. The molecule has 0 saturated heterocycles. The molecule has 1 aliphatic carbocycles. The first-order chi connectivity index (χ1) is 7.19. The molecular weight excluding hydrogens is 194 g/mol. The van der Waals surface area contributed by atoms with E-state index in [2.05, 4.69) is 4.98 Å². The highest BCUT2D eigenvalue weighted by atomic mass is 16.5. The number of nitrogens with two attached hydrogens (primary N) is 1. The Kier molecular flexibility index (Phi) is 2.26. The van der Waals surface area contributed by atoms with Gasteiger partial charge in [-0.15, -0.1) is 0 Å². The maximum atomic E-state index is 10.9. The second-order valence-corrected chi connectivity index (χ2v) is 3.37. The summed E-state index contributed by atoms with van der Waals surface area (Å²) in [5, 5.41) is 8.70. The quantitative estimate of drug-likeness (QED) is 0.778. The van der Waals surface area contributed by atoms with Crippen molar-refractivity contribution in [2.75, 3.05) is 0 Å². The van der Waals surface area contributed by atoms with E-state index in [0.717, 1.165) is 12.8 Å². The van der Waals surface area contributed by atoms with Crippen molar-refractivity contribution in [1.29, 1.82) is 5.26 Å². The Hall–Kier alpha value is -2.09. The third-order valence-electron chi connectivity index (χ3n) is 1.99. The average molecular weight is 203 g/mol. The van der Waals surface area contributed by atoms with Crippen molar-refractivity contribution in [2.45, 2.75) is 18.9 Å². The third-order valence-corrected chi connectivity index (χ3v) is 1.99. The average Bonchev–Trinajstić information content (AvgIpc) is 3.01. The number of hydrogen-bond acceptors (Lipinski definition) is 4. The molecule has 5 nitrogen and oxygen atoms in total. The molecule has 1 fully saturated rings. The van der Waals surface area contributed by atoms with E-state index in [0.29, 0.717) is 5.75 Å². The predicted molar refractivity (Wildman–Crippen MR) is 51.1 cm³/mol. The first-order valence-corrected chi connectivity index (χ1v) is 4.57. The van der Waals surface area contributed by atoms with Gasteiger partial charge in [0, 0.05) is 12.1 Å². The van der Waals surface area contributed by atoms with Crippen molar-refractivity contribution in [3.8, 4) is 11.8 Å². The number of carbonyl (C=O) groups excluding carboxylic acids is 1. The van der Waals surface area contributed by atoms with Gasteiger partial charge in [-0.1, -0.05) is 0 Å². The summed E-state index contributed by atoms with van der Waals surface area (Å²) in [7, 11) is 0. The zero-order valence-corrected chi connectivity index (χ0v) is 7.93. The highest BCUT2D eigenvalue weighted by Crippen LogP contribution is 2.27. The van der Waals surface area contributed by atoms with Crippen molar-refractivity contribution in [1.82, 2.24) is 4.98 Å². The molecule has 1 aromatic heterocycles. The normalized spacial score (nSPS) is 14.3. The number of hydrogen-bond donors (Lipinski definition) is 1. The Balaban J connectivity index is 2.32. The summed E-state index contributed by atoms with van der Waals surface area (Å²) in [6.45, 7) is 0. The number of primary amides is 1. The Morgan fingerprint density at radius 3 is 2.87 bits per heavy atom. The largest absolute Gasteiger partial charge is 0.490 e. The van der Waals surface area contributed by atoms with Gasteiger partial charge in [-0.2, -0.15) is 5.26 Å². The smallest absolute Gasteiger partial charge is 0.267 e. The summed E-state index contributed by atoms with van der Waals surface area (Å²) < 4.78 is 5.46. The molecular formula is C10H9N3O2. The number of carbonyl (C=O) groups is 1. The molecule has 2 N–H and O–H groups in total. The first-order valence-electron chi connectivity index (χ1n) is 4.57. The lowest BCUT2D eigenvalue weighted by molar-refractivity contribution is 0.0995. The second kappa shape index (κ2) is 3.58. The van der Waals surface area contributed by atoms with Crippen molar-refractivity contribution < 1.29 is 9.53 Å². The van der Waals surface area contributed by atoms with Crippen LogP contribution < -0.4 is 10.5 Å². The molecule has 0 unspecified atom stereocenters. The predicted octanol–water partition coefficient (Wildman–Crippen LogP) is 0.593. The van der Waals surface area contributed by atoms with Crippen LogP contribution in [0.4, 0.5) is 0 Å². The summed E-state index contributed by atoms with van der Waals surface area (Å²) in [5.41, 5.74) is 5.29. The fraction of sp³-hybridized carbons (Fsp3) is 0.300. The third kappa shape index (κ3) is 2.23. The summed E-state index contributed by atoms with van der Waals surface area (Å²) in [4.78, 5) is 14.7. The molecule has 1 amide bonds. The molecule has 0 aromatic carbocycles. The van der Waals surface area contributed by atoms with E-state index >= 15 is 0 Å². The van der Waals surface area contributed by atoms with Gasteiger partial charge in [-0.05, 0) is 12.8 Å². The van der Waals surface area contributed by atoms with Crippen LogP contribution in [-0.2, 0) is 0 Å². The molecule has 76 valence electrons. The number of amides is 1. The SMILES string of the molecule is N#Cc1cc(OC2CC2)cc(C(N)=O)n1.